The van der Waals surface area contributed by atoms with E-state index in [0.29, 0.717) is 12.8 Å². The maximum Gasteiger partial charge on any atom is 0.259 e. The average Bonchev–Trinajstić information content (AvgIpc) is 2.67. The smallest absolute Gasteiger partial charge is 0.259 e. The first-order valence-electron chi connectivity index (χ1n) is 5.59. The summed E-state index contributed by atoms with van der Waals surface area (Å²) in [4.78, 5) is 11.9. The topological polar surface area (TPSA) is 80.5 Å². The summed E-state index contributed by atoms with van der Waals surface area (Å²) in [5.41, 5.74) is 5.06. The predicted octanol–water partition coefficient (Wildman–Crippen LogP) is 0.208. The van der Waals surface area contributed by atoms with Gasteiger partial charge in [-0.1, -0.05) is 12.8 Å². The Morgan fingerprint density at radius 1 is 1.31 bits per heavy atom. The molecule has 1 heterocycles. The van der Waals surface area contributed by atoms with Crippen LogP contribution in [-0.2, 0) is 14.8 Å². The predicted molar refractivity (Wildman–Crippen MR) is 60.1 cm³/mol. The number of amides is 1. The van der Waals surface area contributed by atoms with Gasteiger partial charge in [0.1, 0.15) is 0 Å². The molecule has 2 fully saturated rings. The molecule has 2 N–H and O–H groups in total. The van der Waals surface area contributed by atoms with Gasteiger partial charge < -0.3 is 5.73 Å². The molecular formula is C10H18N2O3S. The van der Waals surface area contributed by atoms with Gasteiger partial charge in [-0.15, -0.1) is 0 Å². The van der Waals surface area contributed by atoms with Crippen LogP contribution in [0.3, 0.4) is 0 Å². The van der Waals surface area contributed by atoms with Crippen LogP contribution in [0.5, 0.6) is 0 Å². The second-order valence-corrected chi connectivity index (χ2v) is 7.56. The maximum atomic E-state index is 12.1. The highest BCUT2D eigenvalue weighted by Gasteiger charge is 2.66. The zero-order valence-electron chi connectivity index (χ0n) is 9.69. The van der Waals surface area contributed by atoms with E-state index in [1.54, 1.807) is 0 Å². The second-order valence-electron chi connectivity index (χ2n) is 5.22. The number of hydrogen-bond acceptors (Lipinski definition) is 4. The normalized spacial score (nSPS) is 30.2. The lowest BCUT2D eigenvalue weighted by molar-refractivity contribution is -0.136. The lowest BCUT2D eigenvalue weighted by Gasteiger charge is -2.52. The van der Waals surface area contributed by atoms with E-state index in [1.807, 2.05) is 0 Å². The SMILES string of the molecule is CC1(C)C(=O)N(C2(CN)CCCC2)S1(=O)=O. The van der Waals surface area contributed by atoms with Crippen LogP contribution in [0, 0.1) is 0 Å². The summed E-state index contributed by atoms with van der Waals surface area (Å²) in [7, 11) is -3.50. The largest absolute Gasteiger partial charge is 0.328 e. The summed E-state index contributed by atoms with van der Waals surface area (Å²) >= 11 is 0. The number of sulfonamides is 1. The number of nitrogens with zero attached hydrogens (tertiary/aromatic N) is 1. The zero-order chi connectivity index (χ0) is 12.2. The van der Waals surface area contributed by atoms with Crippen LogP contribution in [-0.4, -0.2) is 35.5 Å². The summed E-state index contributed by atoms with van der Waals surface area (Å²) in [6, 6.07) is 0. The van der Waals surface area contributed by atoms with Crippen molar-refractivity contribution in [2.45, 2.75) is 49.8 Å². The molecule has 0 aromatic carbocycles. The highest BCUT2D eigenvalue weighted by Crippen LogP contribution is 2.46. The third-order valence-corrected chi connectivity index (χ3v) is 6.43. The Kier molecular flexibility index (Phi) is 2.37. The van der Waals surface area contributed by atoms with E-state index in [2.05, 4.69) is 0 Å². The molecule has 5 nitrogen and oxygen atoms in total. The second kappa shape index (κ2) is 3.20. The van der Waals surface area contributed by atoms with Crippen molar-refractivity contribution in [3.63, 3.8) is 0 Å². The van der Waals surface area contributed by atoms with Gasteiger partial charge in [0.05, 0.1) is 5.54 Å². The van der Waals surface area contributed by atoms with Crippen molar-refractivity contribution in [2.75, 3.05) is 6.54 Å². The van der Waals surface area contributed by atoms with Gasteiger partial charge in [0.2, 0.25) is 0 Å². The monoisotopic (exact) mass is 246 g/mol. The van der Waals surface area contributed by atoms with Crippen LogP contribution >= 0.6 is 0 Å². The molecule has 1 amide bonds. The molecule has 0 spiro atoms. The Morgan fingerprint density at radius 2 is 1.81 bits per heavy atom. The first kappa shape index (κ1) is 11.9. The Labute approximate surface area is 96.0 Å². The van der Waals surface area contributed by atoms with Crippen molar-refractivity contribution in [3.05, 3.63) is 0 Å². The molecule has 0 aromatic rings. The van der Waals surface area contributed by atoms with Crippen molar-refractivity contribution < 1.29 is 13.2 Å². The van der Waals surface area contributed by atoms with Gasteiger partial charge in [-0.25, -0.2) is 12.7 Å². The van der Waals surface area contributed by atoms with Gasteiger partial charge in [0, 0.05) is 6.54 Å². The molecular weight excluding hydrogens is 228 g/mol. The summed E-state index contributed by atoms with van der Waals surface area (Å²) < 4.78 is 24.0. The Morgan fingerprint density at radius 3 is 2.19 bits per heavy atom. The first-order valence-corrected chi connectivity index (χ1v) is 7.03. The molecule has 0 atom stereocenters. The van der Waals surface area contributed by atoms with Crippen molar-refractivity contribution >= 4 is 15.9 Å². The molecule has 0 radical (unpaired) electrons. The Bertz CT molecular complexity index is 421. The van der Waals surface area contributed by atoms with E-state index in [9.17, 15) is 13.2 Å². The molecule has 1 saturated carbocycles. The minimum absolute atomic E-state index is 0.230. The fourth-order valence-corrected chi connectivity index (χ4v) is 4.50. The highest BCUT2D eigenvalue weighted by molar-refractivity contribution is 7.94. The molecule has 6 heteroatoms. The summed E-state index contributed by atoms with van der Waals surface area (Å²) in [5.74, 6) is -0.306. The summed E-state index contributed by atoms with van der Waals surface area (Å²) in [6.45, 7) is 3.15. The van der Waals surface area contributed by atoms with E-state index >= 15 is 0 Å². The van der Waals surface area contributed by atoms with Crippen LogP contribution in [0.15, 0.2) is 0 Å². The van der Waals surface area contributed by atoms with E-state index in [4.69, 9.17) is 5.73 Å². The molecule has 0 unspecified atom stereocenters. The van der Waals surface area contributed by atoms with Gasteiger partial charge in [-0.2, -0.15) is 0 Å². The van der Waals surface area contributed by atoms with Crippen LogP contribution in [0.4, 0.5) is 0 Å². The molecule has 92 valence electrons. The van der Waals surface area contributed by atoms with Gasteiger partial charge >= 0.3 is 0 Å². The van der Waals surface area contributed by atoms with Crippen LogP contribution < -0.4 is 5.73 Å². The highest BCUT2D eigenvalue weighted by atomic mass is 32.2. The standard InChI is InChI=1S/C10H18N2O3S/c1-9(2)8(13)12(16(9,14)15)10(7-11)5-3-4-6-10/h3-7,11H2,1-2H3. The van der Waals surface area contributed by atoms with Gasteiger partial charge in [0.15, 0.2) is 4.75 Å². The van der Waals surface area contributed by atoms with Gasteiger partial charge in [0.25, 0.3) is 15.9 Å². The summed E-state index contributed by atoms with van der Waals surface area (Å²) in [6.07, 6.45) is 3.28. The summed E-state index contributed by atoms with van der Waals surface area (Å²) in [5, 5.41) is 0. The minimum atomic E-state index is -3.50. The van der Waals surface area contributed by atoms with Crippen molar-refractivity contribution in [1.29, 1.82) is 0 Å². The molecule has 2 aliphatic rings. The van der Waals surface area contributed by atoms with Gasteiger partial charge in [-0.3, -0.25) is 4.79 Å². The van der Waals surface area contributed by atoms with E-state index in [0.717, 1.165) is 17.1 Å². The van der Waals surface area contributed by atoms with Crippen LogP contribution in [0.25, 0.3) is 0 Å². The van der Waals surface area contributed by atoms with Crippen molar-refractivity contribution in [2.24, 2.45) is 5.73 Å². The van der Waals surface area contributed by atoms with Crippen LogP contribution in [0.1, 0.15) is 39.5 Å². The van der Waals surface area contributed by atoms with Crippen molar-refractivity contribution in [1.82, 2.24) is 4.31 Å². The number of hydrogen-bond donors (Lipinski definition) is 1. The lowest BCUT2D eigenvalue weighted by atomic mass is 9.96. The average molecular weight is 246 g/mol. The zero-order valence-corrected chi connectivity index (χ0v) is 10.5. The fraction of sp³-hybridized carbons (Fsp3) is 0.900. The minimum Gasteiger partial charge on any atom is -0.328 e. The number of carbonyl (C=O) groups is 1. The number of rotatable bonds is 2. The number of carbonyl (C=O) groups excluding carboxylic acids is 1. The molecule has 1 saturated heterocycles. The third kappa shape index (κ3) is 1.14. The number of nitrogens with two attached hydrogens (primary N) is 1. The van der Waals surface area contributed by atoms with E-state index in [1.165, 1.54) is 13.8 Å². The van der Waals surface area contributed by atoms with Gasteiger partial charge in [-0.05, 0) is 26.7 Å². The fourth-order valence-electron chi connectivity index (χ4n) is 2.65. The van der Waals surface area contributed by atoms with E-state index < -0.39 is 20.3 Å². The Hall–Kier alpha value is -0.620. The molecule has 1 aliphatic heterocycles. The maximum absolute atomic E-state index is 12.1. The van der Waals surface area contributed by atoms with E-state index in [-0.39, 0.29) is 12.5 Å². The van der Waals surface area contributed by atoms with Crippen molar-refractivity contribution in [3.8, 4) is 0 Å². The first-order chi connectivity index (χ1) is 7.29. The molecule has 2 rings (SSSR count). The third-order valence-electron chi connectivity index (χ3n) is 3.93. The quantitative estimate of drug-likeness (QED) is 0.755. The molecule has 0 aromatic heterocycles. The molecule has 16 heavy (non-hydrogen) atoms. The molecule has 0 bridgehead atoms. The van der Waals surface area contributed by atoms with Crippen LogP contribution in [0.2, 0.25) is 0 Å². The Balaban J connectivity index is 2.40. The lowest BCUT2D eigenvalue weighted by Crippen LogP contribution is -2.74. The molecule has 1 aliphatic carbocycles.